The van der Waals surface area contributed by atoms with E-state index in [0.717, 1.165) is 17.8 Å². The Hall–Kier alpha value is -2.87. The SMILES string of the molecule is CC(C)c1ccc(C2=NN(c3ccccc3)C(c3ccc(C(C)C)cc3)C2)cc1. The molecule has 0 aliphatic carbocycles. The number of hydrazone groups is 1. The number of anilines is 1. The molecule has 29 heavy (non-hydrogen) atoms. The standard InChI is InChI=1S/C27H30N2/c1-19(2)21-10-14-23(15-11-21)26-18-27(24-16-12-22(13-17-24)20(3)4)29(28-26)25-8-6-5-7-9-25/h5-17,19-20,27H,18H2,1-4H3. The second kappa shape index (κ2) is 8.24. The molecule has 2 nitrogen and oxygen atoms in total. The van der Waals surface area contributed by atoms with Crippen molar-refractivity contribution < 1.29 is 0 Å². The van der Waals surface area contributed by atoms with E-state index in [1.165, 1.54) is 22.3 Å². The first-order chi connectivity index (χ1) is 14.0. The molecule has 1 aliphatic rings. The van der Waals surface area contributed by atoms with Crippen LogP contribution in [0.5, 0.6) is 0 Å². The lowest BCUT2D eigenvalue weighted by Gasteiger charge is -2.24. The number of hydrogen-bond donors (Lipinski definition) is 0. The fraction of sp³-hybridized carbons (Fsp3) is 0.296. The molecule has 4 rings (SSSR count). The third kappa shape index (κ3) is 4.12. The Bertz CT molecular complexity index is 967. The number of hydrogen-bond acceptors (Lipinski definition) is 2. The summed E-state index contributed by atoms with van der Waals surface area (Å²) < 4.78 is 0. The van der Waals surface area contributed by atoms with Crippen LogP contribution in [-0.2, 0) is 0 Å². The van der Waals surface area contributed by atoms with Gasteiger partial charge in [-0.1, -0.05) is 94.4 Å². The Kier molecular flexibility index (Phi) is 5.53. The van der Waals surface area contributed by atoms with Crippen molar-refractivity contribution >= 4 is 11.4 Å². The van der Waals surface area contributed by atoms with E-state index >= 15 is 0 Å². The Labute approximate surface area is 174 Å². The first-order valence-corrected chi connectivity index (χ1v) is 10.6. The first-order valence-electron chi connectivity index (χ1n) is 10.6. The molecule has 0 saturated carbocycles. The molecule has 2 heteroatoms. The fourth-order valence-electron chi connectivity index (χ4n) is 3.93. The summed E-state index contributed by atoms with van der Waals surface area (Å²) in [6, 6.07) is 28.7. The van der Waals surface area contributed by atoms with Crippen LogP contribution < -0.4 is 5.01 Å². The van der Waals surface area contributed by atoms with Gasteiger partial charge in [0.2, 0.25) is 0 Å². The number of rotatable bonds is 5. The van der Waals surface area contributed by atoms with Crippen molar-refractivity contribution in [2.45, 2.75) is 52.0 Å². The second-order valence-corrected chi connectivity index (χ2v) is 8.54. The molecule has 148 valence electrons. The Balaban J connectivity index is 1.68. The van der Waals surface area contributed by atoms with E-state index in [1.807, 2.05) is 0 Å². The van der Waals surface area contributed by atoms with E-state index < -0.39 is 0 Å². The van der Waals surface area contributed by atoms with Gasteiger partial charge in [0.1, 0.15) is 0 Å². The monoisotopic (exact) mass is 382 g/mol. The molecule has 0 N–H and O–H groups in total. The largest absolute Gasteiger partial charge is 0.257 e. The molecule has 0 amide bonds. The molecule has 0 saturated heterocycles. The molecule has 0 aromatic heterocycles. The third-order valence-corrected chi connectivity index (χ3v) is 5.83. The van der Waals surface area contributed by atoms with Gasteiger partial charge in [-0.05, 0) is 46.2 Å². The van der Waals surface area contributed by atoms with Crippen LogP contribution in [0, 0.1) is 0 Å². The molecule has 1 unspecified atom stereocenters. The van der Waals surface area contributed by atoms with Crippen LogP contribution in [-0.4, -0.2) is 5.71 Å². The summed E-state index contributed by atoms with van der Waals surface area (Å²) in [5, 5.41) is 7.26. The molecule has 0 fully saturated rings. The molecule has 1 atom stereocenters. The molecule has 0 radical (unpaired) electrons. The lowest BCUT2D eigenvalue weighted by molar-refractivity contribution is 0.707. The topological polar surface area (TPSA) is 15.6 Å². The summed E-state index contributed by atoms with van der Waals surface area (Å²) in [6.45, 7) is 8.94. The first kappa shape index (κ1) is 19.4. The minimum atomic E-state index is 0.221. The summed E-state index contributed by atoms with van der Waals surface area (Å²) in [7, 11) is 0. The van der Waals surface area contributed by atoms with Crippen molar-refractivity contribution in [1.82, 2.24) is 0 Å². The highest BCUT2D eigenvalue weighted by atomic mass is 15.5. The van der Waals surface area contributed by atoms with Gasteiger partial charge in [0.05, 0.1) is 17.4 Å². The van der Waals surface area contributed by atoms with Crippen LogP contribution in [0.15, 0.2) is 84.0 Å². The molecule has 0 bridgehead atoms. The zero-order chi connectivity index (χ0) is 20.4. The normalized spacial score (nSPS) is 16.6. The Morgan fingerprint density at radius 2 is 1.28 bits per heavy atom. The van der Waals surface area contributed by atoms with Gasteiger partial charge in [-0.15, -0.1) is 0 Å². The summed E-state index contributed by atoms with van der Waals surface area (Å²) in [5.41, 5.74) is 7.57. The van der Waals surface area contributed by atoms with E-state index in [1.54, 1.807) is 0 Å². The minimum absolute atomic E-state index is 0.221. The predicted octanol–water partition coefficient (Wildman–Crippen LogP) is 7.29. The number of nitrogens with zero attached hydrogens (tertiary/aromatic N) is 2. The second-order valence-electron chi connectivity index (χ2n) is 8.54. The van der Waals surface area contributed by atoms with E-state index in [9.17, 15) is 0 Å². The van der Waals surface area contributed by atoms with E-state index in [0.29, 0.717) is 11.8 Å². The van der Waals surface area contributed by atoms with Gasteiger partial charge in [-0.25, -0.2) is 0 Å². The van der Waals surface area contributed by atoms with Gasteiger partial charge < -0.3 is 0 Å². The highest BCUT2D eigenvalue weighted by Crippen LogP contribution is 2.37. The van der Waals surface area contributed by atoms with E-state index in [4.69, 9.17) is 5.10 Å². The lowest BCUT2D eigenvalue weighted by Crippen LogP contribution is -2.18. The minimum Gasteiger partial charge on any atom is -0.257 e. The van der Waals surface area contributed by atoms with E-state index in [-0.39, 0.29) is 6.04 Å². The van der Waals surface area contributed by atoms with Crippen molar-refractivity contribution in [3.8, 4) is 0 Å². The van der Waals surface area contributed by atoms with Gasteiger partial charge in [0.15, 0.2) is 0 Å². The van der Waals surface area contributed by atoms with Crippen molar-refractivity contribution in [1.29, 1.82) is 0 Å². The van der Waals surface area contributed by atoms with Gasteiger partial charge in [-0.2, -0.15) is 5.10 Å². The Morgan fingerprint density at radius 3 is 1.83 bits per heavy atom. The quantitative estimate of drug-likeness (QED) is 0.452. The third-order valence-electron chi connectivity index (χ3n) is 5.83. The lowest BCUT2D eigenvalue weighted by atomic mass is 9.94. The molecule has 3 aromatic rings. The number of benzene rings is 3. The molecule has 1 heterocycles. The van der Waals surface area contributed by atoms with E-state index in [2.05, 4.69) is 112 Å². The van der Waals surface area contributed by atoms with Crippen LogP contribution in [0.4, 0.5) is 5.69 Å². The van der Waals surface area contributed by atoms with Gasteiger partial charge in [-0.3, -0.25) is 5.01 Å². The van der Waals surface area contributed by atoms with Gasteiger partial charge in [0, 0.05) is 6.42 Å². The predicted molar refractivity (Wildman–Crippen MR) is 124 cm³/mol. The summed E-state index contributed by atoms with van der Waals surface area (Å²) in [6.07, 6.45) is 0.914. The Morgan fingerprint density at radius 1 is 0.724 bits per heavy atom. The van der Waals surface area contributed by atoms with Crippen molar-refractivity contribution in [2.24, 2.45) is 5.10 Å². The molecule has 0 spiro atoms. The van der Waals surface area contributed by atoms with Gasteiger partial charge in [0.25, 0.3) is 0 Å². The van der Waals surface area contributed by atoms with Crippen LogP contribution in [0.25, 0.3) is 0 Å². The van der Waals surface area contributed by atoms with Crippen LogP contribution in [0.3, 0.4) is 0 Å². The maximum Gasteiger partial charge on any atom is 0.0831 e. The maximum absolute atomic E-state index is 5.07. The van der Waals surface area contributed by atoms with Crippen LogP contribution in [0.1, 0.15) is 74.2 Å². The molecular weight excluding hydrogens is 352 g/mol. The highest BCUT2D eigenvalue weighted by Gasteiger charge is 2.29. The van der Waals surface area contributed by atoms with Crippen molar-refractivity contribution in [3.63, 3.8) is 0 Å². The average Bonchev–Trinajstić information content (AvgIpc) is 3.20. The summed E-state index contributed by atoms with van der Waals surface area (Å²) in [4.78, 5) is 0. The summed E-state index contributed by atoms with van der Waals surface area (Å²) >= 11 is 0. The average molecular weight is 383 g/mol. The fourth-order valence-corrected chi connectivity index (χ4v) is 3.93. The molecule has 3 aromatic carbocycles. The highest BCUT2D eigenvalue weighted by molar-refractivity contribution is 6.03. The number of para-hydroxylation sites is 1. The zero-order valence-corrected chi connectivity index (χ0v) is 17.8. The van der Waals surface area contributed by atoms with Gasteiger partial charge >= 0.3 is 0 Å². The smallest absolute Gasteiger partial charge is 0.0831 e. The van der Waals surface area contributed by atoms with Crippen LogP contribution in [0.2, 0.25) is 0 Å². The zero-order valence-electron chi connectivity index (χ0n) is 17.8. The van der Waals surface area contributed by atoms with Crippen molar-refractivity contribution in [3.05, 3.63) is 101 Å². The van der Waals surface area contributed by atoms with Crippen LogP contribution >= 0.6 is 0 Å². The van der Waals surface area contributed by atoms with Crippen molar-refractivity contribution in [2.75, 3.05) is 5.01 Å². The summed E-state index contributed by atoms with van der Waals surface area (Å²) in [5.74, 6) is 1.09. The molecule has 1 aliphatic heterocycles. The molecular formula is C27H30N2. The maximum atomic E-state index is 5.07.